The first-order valence-corrected chi connectivity index (χ1v) is 11.5. The number of nitrogens with two attached hydrogens (primary N) is 1. The molecule has 176 valence electrons. The second-order valence-corrected chi connectivity index (χ2v) is 8.22. The Balaban J connectivity index is 1.58. The minimum atomic E-state index is -0.256. The standard InChI is InChI=1S/C24H27FN8O/c1-2-4-18(16-5-7-17(25)8-6-16)28-20-15-19(29-24(30-20)32-11-13-34-14-12-32)21-22(26)31-33-10-3-9-27-23(21)33/h3,5-10,15,18H,2,4,11-14H2,1H3,(H2,26,31)(H,28,29,30)/t18-/m0/s1. The highest BCUT2D eigenvalue weighted by Crippen LogP contribution is 2.32. The molecule has 0 amide bonds. The van der Waals surface area contributed by atoms with Crippen molar-refractivity contribution < 1.29 is 9.13 Å². The fourth-order valence-corrected chi connectivity index (χ4v) is 4.18. The Hall–Kier alpha value is -3.79. The van der Waals surface area contributed by atoms with Gasteiger partial charge in [-0.2, -0.15) is 4.98 Å². The predicted octanol–water partition coefficient (Wildman–Crippen LogP) is 3.70. The maximum absolute atomic E-state index is 13.5. The normalized spacial score (nSPS) is 14.9. The van der Waals surface area contributed by atoms with Crippen LogP contribution in [0.2, 0.25) is 0 Å². The fourth-order valence-electron chi connectivity index (χ4n) is 4.18. The van der Waals surface area contributed by atoms with E-state index in [2.05, 4.69) is 27.2 Å². The van der Waals surface area contributed by atoms with Gasteiger partial charge in [0, 0.05) is 31.5 Å². The molecule has 0 aliphatic carbocycles. The molecule has 1 aliphatic rings. The van der Waals surface area contributed by atoms with Crippen LogP contribution < -0.4 is 16.0 Å². The van der Waals surface area contributed by atoms with Gasteiger partial charge in [-0.15, -0.1) is 5.10 Å². The van der Waals surface area contributed by atoms with Gasteiger partial charge in [0.05, 0.1) is 30.5 Å². The lowest BCUT2D eigenvalue weighted by Crippen LogP contribution is -2.37. The molecule has 0 radical (unpaired) electrons. The van der Waals surface area contributed by atoms with Gasteiger partial charge >= 0.3 is 0 Å². The van der Waals surface area contributed by atoms with Crippen LogP contribution in [0.25, 0.3) is 16.9 Å². The number of nitrogen functional groups attached to an aromatic ring is 1. The average Bonchev–Trinajstić information content (AvgIpc) is 3.20. The van der Waals surface area contributed by atoms with E-state index >= 15 is 0 Å². The lowest BCUT2D eigenvalue weighted by molar-refractivity contribution is 0.122. The summed E-state index contributed by atoms with van der Waals surface area (Å²) in [5, 5.41) is 7.93. The van der Waals surface area contributed by atoms with Crippen LogP contribution in [0.1, 0.15) is 31.4 Å². The molecule has 0 spiro atoms. The molecule has 1 atom stereocenters. The third-order valence-corrected chi connectivity index (χ3v) is 5.86. The second-order valence-electron chi connectivity index (χ2n) is 8.22. The van der Waals surface area contributed by atoms with Gasteiger partial charge in [0.2, 0.25) is 5.95 Å². The summed E-state index contributed by atoms with van der Waals surface area (Å²) in [6, 6.07) is 10.2. The van der Waals surface area contributed by atoms with Crippen LogP contribution in [0.5, 0.6) is 0 Å². The van der Waals surface area contributed by atoms with E-state index < -0.39 is 0 Å². The van der Waals surface area contributed by atoms with Gasteiger partial charge in [-0.1, -0.05) is 25.5 Å². The number of ether oxygens (including phenoxy) is 1. The molecular formula is C24H27FN8O. The first-order valence-electron chi connectivity index (χ1n) is 11.5. The number of morpholine rings is 1. The first-order chi connectivity index (χ1) is 16.6. The molecule has 0 unspecified atom stereocenters. The van der Waals surface area contributed by atoms with E-state index in [1.165, 1.54) is 12.1 Å². The van der Waals surface area contributed by atoms with Gasteiger partial charge in [-0.05, 0) is 30.2 Å². The number of anilines is 3. The van der Waals surface area contributed by atoms with Crippen molar-refractivity contribution in [3.8, 4) is 11.3 Å². The van der Waals surface area contributed by atoms with Gasteiger partial charge in [-0.3, -0.25) is 0 Å². The highest BCUT2D eigenvalue weighted by molar-refractivity contribution is 5.85. The highest BCUT2D eigenvalue weighted by atomic mass is 19.1. The number of rotatable bonds is 7. The molecule has 1 fully saturated rings. The Morgan fingerprint density at radius 3 is 2.74 bits per heavy atom. The summed E-state index contributed by atoms with van der Waals surface area (Å²) in [4.78, 5) is 16.2. The van der Waals surface area contributed by atoms with Gasteiger partial charge in [-0.25, -0.2) is 18.9 Å². The maximum Gasteiger partial charge on any atom is 0.228 e. The SMILES string of the molecule is CCC[C@H](Nc1cc(-c2c(N)nn3cccnc23)nc(N2CCOCC2)n1)c1ccc(F)cc1. The number of halogens is 1. The van der Waals surface area contributed by atoms with Gasteiger partial charge in [0.15, 0.2) is 11.5 Å². The molecule has 1 aliphatic heterocycles. The van der Waals surface area contributed by atoms with Crippen molar-refractivity contribution in [2.45, 2.75) is 25.8 Å². The van der Waals surface area contributed by atoms with Crippen molar-refractivity contribution >= 4 is 23.2 Å². The van der Waals surface area contributed by atoms with E-state index in [-0.39, 0.29) is 11.9 Å². The molecule has 3 N–H and O–H groups in total. The zero-order valence-electron chi connectivity index (χ0n) is 19.0. The van der Waals surface area contributed by atoms with E-state index in [0.29, 0.717) is 60.8 Å². The van der Waals surface area contributed by atoms with E-state index in [1.54, 1.807) is 35.1 Å². The Labute approximate surface area is 196 Å². The molecule has 0 bridgehead atoms. The first kappa shape index (κ1) is 22.0. The predicted molar refractivity (Wildman–Crippen MR) is 129 cm³/mol. The minimum Gasteiger partial charge on any atom is -0.382 e. The van der Waals surface area contributed by atoms with Crippen molar-refractivity contribution in [3.05, 3.63) is 60.2 Å². The Morgan fingerprint density at radius 2 is 1.97 bits per heavy atom. The average molecular weight is 463 g/mol. The summed E-state index contributed by atoms with van der Waals surface area (Å²) in [7, 11) is 0. The quantitative estimate of drug-likeness (QED) is 0.428. The van der Waals surface area contributed by atoms with Crippen LogP contribution in [0.4, 0.5) is 22.0 Å². The monoisotopic (exact) mass is 462 g/mol. The van der Waals surface area contributed by atoms with Crippen molar-refractivity contribution in [2.24, 2.45) is 0 Å². The topological polar surface area (TPSA) is 106 Å². The summed E-state index contributed by atoms with van der Waals surface area (Å²) in [6.45, 7) is 4.74. The number of fused-ring (bicyclic) bond motifs is 1. The summed E-state index contributed by atoms with van der Waals surface area (Å²) >= 11 is 0. The Bertz CT molecular complexity index is 1270. The number of hydrogen-bond acceptors (Lipinski definition) is 8. The number of aromatic nitrogens is 5. The molecule has 1 saturated heterocycles. The molecular weight excluding hydrogens is 435 g/mol. The van der Waals surface area contributed by atoms with E-state index in [4.69, 9.17) is 20.4 Å². The van der Waals surface area contributed by atoms with Crippen molar-refractivity contribution in [3.63, 3.8) is 0 Å². The second kappa shape index (κ2) is 9.60. The lowest BCUT2D eigenvalue weighted by Gasteiger charge is -2.28. The van der Waals surface area contributed by atoms with Gasteiger partial charge in [0.1, 0.15) is 11.6 Å². The molecule has 4 heterocycles. The van der Waals surface area contributed by atoms with E-state index in [1.807, 2.05) is 6.07 Å². The minimum absolute atomic E-state index is 0.0368. The smallest absolute Gasteiger partial charge is 0.228 e. The largest absolute Gasteiger partial charge is 0.382 e. The highest BCUT2D eigenvalue weighted by Gasteiger charge is 2.22. The van der Waals surface area contributed by atoms with E-state index in [9.17, 15) is 4.39 Å². The third-order valence-electron chi connectivity index (χ3n) is 5.86. The van der Waals surface area contributed by atoms with Crippen molar-refractivity contribution in [1.82, 2.24) is 24.6 Å². The summed E-state index contributed by atoms with van der Waals surface area (Å²) in [5.74, 6) is 1.34. The molecule has 0 saturated carbocycles. The molecule has 34 heavy (non-hydrogen) atoms. The summed E-state index contributed by atoms with van der Waals surface area (Å²) in [6.07, 6.45) is 5.32. The molecule has 1 aromatic carbocycles. The van der Waals surface area contributed by atoms with Crippen LogP contribution >= 0.6 is 0 Å². The zero-order valence-corrected chi connectivity index (χ0v) is 19.0. The number of hydrogen-bond donors (Lipinski definition) is 2. The number of nitrogens with one attached hydrogen (secondary N) is 1. The molecule has 10 heteroatoms. The maximum atomic E-state index is 13.5. The van der Waals surface area contributed by atoms with Crippen molar-refractivity contribution in [2.75, 3.05) is 42.3 Å². The van der Waals surface area contributed by atoms with Gasteiger partial charge in [0.25, 0.3) is 0 Å². The number of nitrogens with zero attached hydrogens (tertiary/aromatic N) is 6. The summed E-state index contributed by atoms with van der Waals surface area (Å²) < 4.78 is 20.7. The van der Waals surface area contributed by atoms with E-state index in [0.717, 1.165) is 18.4 Å². The van der Waals surface area contributed by atoms with Crippen LogP contribution in [0, 0.1) is 5.82 Å². The number of benzene rings is 1. The lowest BCUT2D eigenvalue weighted by atomic mass is 10.0. The molecule has 4 aromatic rings. The van der Waals surface area contributed by atoms with Gasteiger partial charge < -0.3 is 20.7 Å². The Morgan fingerprint density at radius 1 is 1.18 bits per heavy atom. The fraction of sp³-hybridized carbons (Fsp3) is 0.333. The molecule has 9 nitrogen and oxygen atoms in total. The third kappa shape index (κ3) is 4.49. The van der Waals surface area contributed by atoms with Crippen molar-refractivity contribution in [1.29, 1.82) is 0 Å². The summed E-state index contributed by atoms with van der Waals surface area (Å²) in [5.41, 5.74) is 9.22. The molecule has 3 aromatic heterocycles. The zero-order chi connectivity index (χ0) is 23.5. The molecule has 5 rings (SSSR count). The van der Waals surface area contributed by atoms with Crippen LogP contribution in [0.15, 0.2) is 48.8 Å². The van der Waals surface area contributed by atoms with Crippen LogP contribution in [-0.2, 0) is 4.74 Å². The van der Waals surface area contributed by atoms with Crippen LogP contribution in [0.3, 0.4) is 0 Å². The van der Waals surface area contributed by atoms with Crippen LogP contribution in [-0.4, -0.2) is 50.9 Å². The Kier molecular flexibility index (Phi) is 6.22.